The van der Waals surface area contributed by atoms with Gasteiger partial charge in [0.2, 0.25) is 0 Å². The average molecular weight is 1330 g/mol. The normalized spacial score (nSPS) is 14.7. The number of ether oxygens (including phenoxy) is 4. The number of phosphoric ester groups is 2. The molecular formula is C72H132O17P2. The van der Waals surface area contributed by atoms with Gasteiger partial charge in [0.25, 0.3) is 0 Å². The molecule has 0 radical (unpaired) electrons. The molecule has 19 heteroatoms. The molecule has 0 spiro atoms. The molecule has 0 aromatic rings. The van der Waals surface area contributed by atoms with E-state index in [9.17, 15) is 43.2 Å². The number of hydrogen-bond donors (Lipinski definition) is 3. The number of aliphatic hydroxyl groups excluding tert-OH is 1. The van der Waals surface area contributed by atoms with Gasteiger partial charge in [-0.1, -0.05) is 269 Å². The van der Waals surface area contributed by atoms with Gasteiger partial charge in [0.05, 0.1) is 26.4 Å². The predicted octanol–water partition coefficient (Wildman–Crippen LogP) is 20.0. The monoisotopic (exact) mass is 1330 g/mol. The standard InChI is InChI=1S/C72H132O17P2/c1-6-10-13-16-19-22-25-27-29-31-34-36-39-45-50-55-69(74)82-61-67(88-72(77)58-53-48-41-38-35-32-30-28-26-23-20-17-14-11-7-2)63-86-90(78,79)84-59-66(73)60-85-91(80,81)87-64-68(62-83-70(75)56-51-46-43-42-44-49-54-65(5)9-4)89-71(76)57-52-47-40-37-33-24-21-18-15-12-8-3/h22-23,25-30,65-68,73H,6-21,24,31-64H2,1-5H3,(H,78,79)(H,80,81)/b25-22-,26-23-,29-27-,30-28-/t65?,66-,67-,68-/m1/s1. The van der Waals surface area contributed by atoms with Crippen LogP contribution in [0.2, 0.25) is 0 Å². The topological polar surface area (TPSA) is 237 Å². The van der Waals surface area contributed by atoms with Crippen LogP contribution in [0.5, 0.6) is 0 Å². The highest BCUT2D eigenvalue weighted by atomic mass is 31.2. The maximum atomic E-state index is 13.0. The molecule has 0 saturated heterocycles. The van der Waals surface area contributed by atoms with E-state index in [0.717, 1.165) is 134 Å². The largest absolute Gasteiger partial charge is 0.472 e. The molecule has 0 bridgehead atoms. The molecule has 0 rings (SSSR count). The van der Waals surface area contributed by atoms with Gasteiger partial charge in [-0.2, -0.15) is 0 Å². The van der Waals surface area contributed by atoms with Crippen LogP contribution in [0.25, 0.3) is 0 Å². The van der Waals surface area contributed by atoms with Crippen LogP contribution in [-0.2, 0) is 65.4 Å². The highest BCUT2D eigenvalue weighted by Gasteiger charge is 2.30. The summed E-state index contributed by atoms with van der Waals surface area (Å²) in [5.74, 6) is -1.45. The summed E-state index contributed by atoms with van der Waals surface area (Å²) in [6.45, 7) is 7.08. The molecule has 6 atom stereocenters. The zero-order chi connectivity index (χ0) is 67.0. The highest BCUT2D eigenvalue weighted by molar-refractivity contribution is 7.47. The Morgan fingerprint density at radius 1 is 0.352 bits per heavy atom. The van der Waals surface area contributed by atoms with Crippen LogP contribution < -0.4 is 0 Å². The van der Waals surface area contributed by atoms with Crippen LogP contribution in [0.1, 0.15) is 324 Å². The van der Waals surface area contributed by atoms with Crippen molar-refractivity contribution in [2.24, 2.45) is 5.92 Å². The average Bonchev–Trinajstić information content (AvgIpc) is 3.63. The minimum Gasteiger partial charge on any atom is -0.462 e. The van der Waals surface area contributed by atoms with E-state index >= 15 is 0 Å². The van der Waals surface area contributed by atoms with Gasteiger partial charge >= 0.3 is 39.5 Å². The van der Waals surface area contributed by atoms with Gasteiger partial charge in [-0.25, -0.2) is 9.13 Å². The van der Waals surface area contributed by atoms with Gasteiger partial charge in [0.1, 0.15) is 19.3 Å². The summed E-state index contributed by atoms with van der Waals surface area (Å²) < 4.78 is 68.2. The second-order valence-electron chi connectivity index (χ2n) is 24.8. The van der Waals surface area contributed by atoms with Crippen molar-refractivity contribution in [3.8, 4) is 0 Å². The highest BCUT2D eigenvalue weighted by Crippen LogP contribution is 2.45. The Balaban J connectivity index is 5.32. The van der Waals surface area contributed by atoms with Crippen LogP contribution in [0.15, 0.2) is 48.6 Å². The lowest BCUT2D eigenvalue weighted by Crippen LogP contribution is -2.30. The fourth-order valence-electron chi connectivity index (χ4n) is 9.88. The first kappa shape index (κ1) is 88.0. The molecule has 0 amide bonds. The van der Waals surface area contributed by atoms with Gasteiger partial charge < -0.3 is 33.8 Å². The van der Waals surface area contributed by atoms with Gasteiger partial charge in [-0.05, 0) is 83.0 Å². The smallest absolute Gasteiger partial charge is 0.462 e. The maximum absolute atomic E-state index is 13.0. The van der Waals surface area contributed by atoms with Crippen LogP contribution >= 0.6 is 15.6 Å². The summed E-state index contributed by atoms with van der Waals surface area (Å²) in [5.41, 5.74) is 0. The molecule has 0 saturated carbocycles. The Bertz CT molecular complexity index is 1940. The summed E-state index contributed by atoms with van der Waals surface area (Å²) in [5, 5.41) is 10.6. The van der Waals surface area contributed by atoms with Crippen LogP contribution in [0.3, 0.4) is 0 Å². The maximum Gasteiger partial charge on any atom is 0.472 e. The zero-order valence-electron chi connectivity index (χ0n) is 57.9. The van der Waals surface area contributed by atoms with Crippen molar-refractivity contribution in [1.29, 1.82) is 0 Å². The first-order valence-electron chi connectivity index (χ1n) is 36.3. The number of esters is 4. The van der Waals surface area contributed by atoms with Crippen molar-refractivity contribution in [1.82, 2.24) is 0 Å². The Hall–Kier alpha value is -2.98. The lowest BCUT2D eigenvalue weighted by atomic mass is 10.00. The second-order valence-corrected chi connectivity index (χ2v) is 27.8. The molecule has 0 aliphatic rings. The van der Waals surface area contributed by atoms with E-state index in [0.29, 0.717) is 25.7 Å². The third-order valence-electron chi connectivity index (χ3n) is 15.9. The predicted molar refractivity (Wildman–Crippen MR) is 367 cm³/mol. The number of phosphoric acid groups is 2. The number of rotatable bonds is 68. The number of allylic oxidation sites excluding steroid dienone is 8. The molecule has 0 aromatic carbocycles. The lowest BCUT2D eigenvalue weighted by molar-refractivity contribution is -0.161. The first-order valence-corrected chi connectivity index (χ1v) is 39.3. The Kier molecular flexibility index (Phi) is 62.3. The van der Waals surface area contributed by atoms with Crippen molar-refractivity contribution in [2.45, 2.75) is 342 Å². The van der Waals surface area contributed by atoms with E-state index in [2.05, 4.69) is 83.2 Å². The summed E-state index contributed by atoms with van der Waals surface area (Å²) >= 11 is 0. The van der Waals surface area contributed by atoms with E-state index in [1.165, 1.54) is 109 Å². The number of aliphatic hydroxyl groups is 1. The van der Waals surface area contributed by atoms with Crippen molar-refractivity contribution in [2.75, 3.05) is 39.6 Å². The Morgan fingerprint density at radius 3 is 0.934 bits per heavy atom. The van der Waals surface area contributed by atoms with Gasteiger partial charge in [-0.3, -0.25) is 37.3 Å². The van der Waals surface area contributed by atoms with Crippen molar-refractivity contribution < 1.29 is 80.2 Å². The molecule has 0 aromatic heterocycles. The number of carbonyl (C=O) groups excluding carboxylic acids is 4. The van der Waals surface area contributed by atoms with Crippen molar-refractivity contribution >= 4 is 39.5 Å². The summed E-state index contributed by atoms with van der Waals surface area (Å²) in [7, 11) is -9.93. The van der Waals surface area contributed by atoms with Crippen LogP contribution in [-0.4, -0.2) is 96.7 Å². The van der Waals surface area contributed by atoms with E-state index in [1.807, 2.05) is 0 Å². The molecule has 3 unspecified atom stereocenters. The Morgan fingerprint density at radius 2 is 0.615 bits per heavy atom. The van der Waals surface area contributed by atoms with Gasteiger partial charge in [0, 0.05) is 25.7 Å². The van der Waals surface area contributed by atoms with E-state index in [-0.39, 0.29) is 25.7 Å². The summed E-state index contributed by atoms with van der Waals surface area (Å²) in [6, 6.07) is 0. The third-order valence-corrected chi connectivity index (χ3v) is 17.8. The first-order chi connectivity index (χ1) is 44.1. The molecule has 0 aliphatic carbocycles. The van der Waals surface area contributed by atoms with Crippen molar-refractivity contribution in [3.05, 3.63) is 48.6 Å². The minimum absolute atomic E-state index is 0.0781. The van der Waals surface area contributed by atoms with Crippen LogP contribution in [0, 0.1) is 5.92 Å². The molecule has 0 fully saturated rings. The number of hydrogen-bond acceptors (Lipinski definition) is 15. The second kappa shape index (κ2) is 64.4. The molecule has 532 valence electrons. The SMILES string of the molecule is CCCCCC/C=C\C=C/CCCCCCCC(=O)OC[C@H](COP(=O)(O)OC[C@@H](O)COP(=O)(O)OC[C@@H](COC(=O)CCCCCCCCC(C)CC)OC(=O)CCCCCCCCCCCCC)OC(=O)CCCCCCC/C=C\C=C/CCCCCC. The van der Waals surface area contributed by atoms with Gasteiger partial charge in [-0.15, -0.1) is 0 Å². The molecular weight excluding hydrogens is 1200 g/mol. The Labute approximate surface area is 553 Å². The van der Waals surface area contributed by atoms with E-state index in [1.54, 1.807) is 0 Å². The van der Waals surface area contributed by atoms with Gasteiger partial charge in [0.15, 0.2) is 12.2 Å². The molecule has 91 heavy (non-hydrogen) atoms. The fourth-order valence-corrected chi connectivity index (χ4v) is 11.5. The molecule has 3 N–H and O–H groups in total. The molecule has 0 aliphatic heterocycles. The van der Waals surface area contributed by atoms with E-state index in [4.69, 9.17) is 37.0 Å². The lowest BCUT2D eigenvalue weighted by Gasteiger charge is -2.21. The summed E-state index contributed by atoms with van der Waals surface area (Å²) in [6.07, 6.45) is 57.1. The quantitative estimate of drug-likeness (QED) is 0.0169. The molecule has 0 heterocycles. The molecule has 17 nitrogen and oxygen atoms in total. The van der Waals surface area contributed by atoms with Crippen molar-refractivity contribution in [3.63, 3.8) is 0 Å². The van der Waals surface area contributed by atoms with Crippen LogP contribution in [0.4, 0.5) is 0 Å². The van der Waals surface area contributed by atoms with E-state index < -0.39 is 97.5 Å². The number of carbonyl (C=O) groups is 4. The fraction of sp³-hybridized carbons (Fsp3) is 0.833. The number of unbranched alkanes of at least 4 members (excludes halogenated alkanes) is 33. The summed E-state index contributed by atoms with van der Waals surface area (Å²) in [4.78, 5) is 72.5. The minimum atomic E-state index is -4.97. The third kappa shape index (κ3) is 64.2. The zero-order valence-corrected chi connectivity index (χ0v) is 59.7.